The van der Waals surface area contributed by atoms with Crippen molar-refractivity contribution in [3.63, 3.8) is 0 Å². The summed E-state index contributed by atoms with van der Waals surface area (Å²) >= 11 is 0. The molecule has 0 fully saturated rings. The summed E-state index contributed by atoms with van der Waals surface area (Å²) in [5.74, 6) is 1.00. The van der Waals surface area contributed by atoms with E-state index in [0.717, 1.165) is 18.6 Å². The molecule has 0 spiro atoms. The Morgan fingerprint density at radius 1 is 1.57 bits per heavy atom. The summed E-state index contributed by atoms with van der Waals surface area (Å²) in [4.78, 5) is 1.69. The van der Waals surface area contributed by atoms with Gasteiger partial charge < -0.3 is 9.84 Å². The van der Waals surface area contributed by atoms with Crippen molar-refractivity contribution in [1.29, 1.82) is 0 Å². The van der Waals surface area contributed by atoms with Gasteiger partial charge in [-0.1, -0.05) is 11.6 Å². The van der Waals surface area contributed by atoms with Crippen LogP contribution in [0, 0.1) is 0 Å². The van der Waals surface area contributed by atoms with Crippen molar-refractivity contribution in [2.75, 3.05) is 20.7 Å². The highest BCUT2D eigenvalue weighted by Crippen LogP contribution is 2.19. The molecular weight excluding hydrogens is 180 g/mol. The van der Waals surface area contributed by atoms with E-state index in [0.29, 0.717) is 6.54 Å². The molecule has 3 N–H and O–H groups in total. The molecule has 0 saturated heterocycles. The van der Waals surface area contributed by atoms with Crippen molar-refractivity contribution in [2.24, 2.45) is 5.73 Å². The van der Waals surface area contributed by atoms with E-state index >= 15 is 0 Å². The molecule has 1 rings (SSSR count). The fourth-order valence-corrected chi connectivity index (χ4v) is 1.38. The molecular formula is C10H18N2O2. The van der Waals surface area contributed by atoms with Crippen LogP contribution in [0.1, 0.15) is 12.8 Å². The van der Waals surface area contributed by atoms with Gasteiger partial charge in [0.2, 0.25) is 0 Å². The monoisotopic (exact) mass is 198 g/mol. The lowest BCUT2D eigenvalue weighted by Crippen LogP contribution is -2.39. The Hall–Kier alpha value is -0.840. The molecule has 4 nitrogen and oxygen atoms in total. The van der Waals surface area contributed by atoms with E-state index in [1.54, 1.807) is 19.1 Å². The Morgan fingerprint density at radius 3 is 2.71 bits per heavy atom. The van der Waals surface area contributed by atoms with E-state index in [2.05, 4.69) is 0 Å². The molecule has 0 heterocycles. The van der Waals surface area contributed by atoms with Gasteiger partial charge in [-0.3, -0.25) is 10.6 Å². The first-order valence-corrected chi connectivity index (χ1v) is 4.70. The lowest BCUT2D eigenvalue weighted by Gasteiger charge is -2.22. The van der Waals surface area contributed by atoms with Crippen LogP contribution in [0.15, 0.2) is 23.5 Å². The maximum absolute atomic E-state index is 9.09. The van der Waals surface area contributed by atoms with E-state index in [4.69, 9.17) is 15.6 Å². The van der Waals surface area contributed by atoms with Crippen LogP contribution in [0.5, 0.6) is 0 Å². The summed E-state index contributed by atoms with van der Waals surface area (Å²) in [6.45, 7) is 0.700. The van der Waals surface area contributed by atoms with Crippen molar-refractivity contribution in [2.45, 2.75) is 19.2 Å². The van der Waals surface area contributed by atoms with Crippen molar-refractivity contribution in [3.8, 4) is 0 Å². The zero-order valence-corrected chi connectivity index (χ0v) is 8.73. The van der Waals surface area contributed by atoms with Gasteiger partial charge in [0.05, 0.1) is 12.9 Å². The first kappa shape index (κ1) is 11.2. The maximum Gasteiger partial charge on any atom is 0.160 e. The number of allylic oxidation sites excluding steroid dienone is 3. The van der Waals surface area contributed by atoms with Crippen LogP contribution in [0.4, 0.5) is 0 Å². The second-order valence-corrected chi connectivity index (χ2v) is 3.49. The van der Waals surface area contributed by atoms with Crippen LogP contribution in [0.25, 0.3) is 0 Å². The number of methoxy groups -OCH3 is 1. The topological polar surface area (TPSA) is 58.7 Å². The second-order valence-electron chi connectivity index (χ2n) is 3.49. The molecule has 0 saturated carbocycles. The third-order valence-corrected chi connectivity index (χ3v) is 2.36. The molecule has 0 aromatic heterocycles. The maximum atomic E-state index is 9.09. The summed E-state index contributed by atoms with van der Waals surface area (Å²) in [6.07, 6.45) is 5.01. The molecule has 1 unspecified atom stereocenters. The molecule has 4 heteroatoms. The molecule has 14 heavy (non-hydrogen) atoms. The normalized spacial score (nSPS) is 18.9. The fraction of sp³-hybridized carbons (Fsp3) is 0.600. The van der Waals surface area contributed by atoms with Crippen LogP contribution in [-0.4, -0.2) is 37.1 Å². The van der Waals surface area contributed by atoms with Crippen LogP contribution in [-0.2, 0) is 4.74 Å². The minimum absolute atomic E-state index is 0.700. The Labute approximate surface area is 84.6 Å². The molecule has 80 valence electrons. The van der Waals surface area contributed by atoms with Crippen LogP contribution in [0.3, 0.4) is 0 Å². The number of likely N-dealkylation sites (N-methyl/N-ethyl adjacent to an activating group) is 1. The van der Waals surface area contributed by atoms with Gasteiger partial charge in [0, 0.05) is 13.0 Å². The summed E-state index contributed by atoms with van der Waals surface area (Å²) in [5.41, 5.74) is 6.58. The standard InChI is InChI=1S/C10H18N2O2/c1-12(10(11)13)7-8-3-5-9(14-2)6-4-8/h3,5,10,13H,4,6-7,11H2,1-2H3. The van der Waals surface area contributed by atoms with Crippen LogP contribution in [0.2, 0.25) is 0 Å². The van der Waals surface area contributed by atoms with Gasteiger partial charge in [-0.2, -0.15) is 0 Å². The average molecular weight is 198 g/mol. The molecule has 0 aliphatic heterocycles. The molecule has 0 radical (unpaired) electrons. The van der Waals surface area contributed by atoms with Gasteiger partial charge in [-0.15, -0.1) is 0 Å². The molecule has 1 aliphatic rings. The van der Waals surface area contributed by atoms with E-state index in [1.165, 1.54) is 5.57 Å². The number of nitrogens with two attached hydrogens (primary N) is 1. The number of aliphatic hydroxyl groups excluding tert-OH is 1. The number of nitrogens with zero attached hydrogens (tertiary/aromatic N) is 1. The highest BCUT2D eigenvalue weighted by molar-refractivity contribution is 5.21. The highest BCUT2D eigenvalue weighted by Gasteiger charge is 2.11. The van der Waals surface area contributed by atoms with Crippen molar-refractivity contribution in [1.82, 2.24) is 4.90 Å². The van der Waals surface area contributed by atoms with Gasteiger partial charge in [0.25, 0.3) is 0 Å². The second kappa shape index (κ2) is 5.14. The van der Waals surface area contributed by atoms with Gasteiger partial charge in [0.1, 0.15) is 0 Å². The first-order valence-electron chi connectivity index (χ1n) is 4.70. The SMILES string of the molecule is COC1=CC=C(CN(C)C(N)O)CC1. The number of hydrogen-bond donors (Lipinski definition) is 2. The molecule has 1 atom stereocenters. The van der Waals surface area contributed by atoms with Crippen molar-refractivity contribution < 1.29 is 9.84 Å². The molecule has 1 aliphatic carbocycles. The third-order valence-electron chi connectivity index (χ3n) is 2.36. The lowest BCUT2D eigenvalue weighted by atomic mass is 10.0. The molecule has 0 amide bonds. The third kappa shape index (κ3) is 3.14. The predicted octanol–water partition coefficient (Wildman–Crippen LogP) is 0.403. The first-order chi connectivity index (χ1) is 6.63. The number of hydrogen-bond acceptors (Lipinski definition) is 4. The minimum atomic E-state index is -0.885. The highest BCUT2D eigenvalue weighted by atomic mass is 16.5. The molecule has 0 aromatic rings. The smallest absolute Gasteiger partial charge is 0.160 e. The van der Waals surface area contributed by atoms with Crippen LogP contribution >= 0.6 is 0 Å². The van der Waals surface area contributed by atoms with E-state index < -0.39 is 6.35 Å². The van der Waals surface area contributed by atoms with Gasteiger partial charge in [-0.25, -0.2) is 0 Å². The summed E-state index contributed by atoms with van der Waals surface area (Å²) < 4.78 is 5.12. The lowest BCUT2D eigenvalue weighted by molar-refractivity contribution is 0.0339. The number of ether oxygens (including phenoxy) is 1. The summed E-state index contributed by atoms with van der Waals surface area (Å²) in [7, 11) is 3.47. The zero-order chi connectivity index (χ0) is 10.6. The Balaban J connectivity index is 2.48. The van der Waals surface area contributed by atoms with Crippen molar-refractivity contribution in [3.05, 3.63) is 23.5 Å². The number of aliphatic hydroxyl groups is 1. The van der Waals surface area contributed by atoms with E-state index in [1.807, 2.05) is 12.2 Å². The van der Waals surface area contributed by atoms with E-state index in [-0.39, 0.29) is 0 Å². The quantitative estimate of drug-likeness (QED) is 0.642. The Morgan fingerprint density at radius 2 is 2.29 bits per heavy atom. The minimum Gasteiger partial charge on any atom is -0.501 e. The van der Waals surface area contributed by atoms with Gasteiger partial charge in [-0.05, 0) is 19.5 Å². The largest absolute Gasteiger partial charge is 0.501 e. The van der Waals surface area contributed by atoms with Crippen molar-refractivity contribution >= 4 is 0 Å². The van der Waals surface area contributed by atoms with E-state index in [9.17, 15) is 0 Å². The summed E-state index contributed by atoms with van der Waals surface area (Å²) in [5, 5.41) is 9.09. The predicted molar refractivity (Wildman–Crippen MR) is 55.2 cm³/mol. The van der Waals surface area contributed by atoms with Crippen LogP contribution < -0.4 is 5.73 Å². The van der Waals surface area contributed by atoms with Gasteiger partial charge in [0.15, 0.2) is 6.35 Å². The Bertz CT molecular complexity index is 247. The number of rotatable bonds is 4. The summed E-state index contributed by atoms with van der Waals surface area (Å²) in [6, 6.07) is 0. The fourth-order valence-electron chi connectivity index (χ4n) is 1.38. The average Bonchev–Trinajstić information content (AvgIpc) is 2.19. The Kier molecular flexibility index (Phi) is 4.13. The molecule has 0 bridgehead atoms. The molecule has 0 aromatic carbocycles. The van der Waals surface area contributed by atoms with Gasteiger partial charge >= 0.3 is 0 Å². The zero-order valence-electron chi connectivity index (χ0n) is 8.73.